The number of nitrogens with zero attached hydrogens (tertiary/aromatic N) is 1. The van der Waals surface area contributed by atoms with Crippen LogP contribution in [-0.2, 0) is 0 Å². The summed E-state index contributed by atoms with van der Waals surface area (Å²) >= 11 is 1.78. The predicted octanol–water partition coefficient (Wildman–Crippen LogP) is 5.05. The molecule has 0 aliphatic heterocycles. The molecule has 2 aromatic rings. The Morgan fingerprint density at radius 2 is 1.84 bits per heavy atom. The Kier molecular flexibility index (Phi) is 4.65. The fraction of sp³-hybridized carbons (Fsp3) is 0.235. The molecule has 0 bridgehead atoms. The van der Waals surface area contributed by atoms with Crippen molar-refractivity contribution in [2.75, 3.05) is 0 Å². The molecular weight excluding hydrogens is 250 g/mol. The molecule has 0 aliphatic carbocycles. The Morgan fingerprint density at radius 1 is 1.11 bits per heavy atom. The maximum atomic E-state index is 9.04. The molecule has 2 aromatic carbocycles. The standard InChI is InChI=1S/C17H17NS/c1-13-8-9-14(2)17(12-13)19-16(10-11-18)15-6-4-3-5-7-15/h3-9,12,16H,10H2,1-2H3. The van der Waals surface area contributed by atoms with Gasteiger partial charge in [-0.25, -0.2) is 0 Å². The second kappa shape index (κ2) is 6.45. The normalized spacial score (nSPS) is 11.8. The lowest BCUT2D eigenvalue weighted by atomic mass is 10.1. The third-order valence-corrected chi connectivity index (χ3v) is 4.48. The zero-order valence-corrected chi connectivity index (χ0v) is 12.1. The molecule has 1 nitrogen and oxygen atoms in total. The van der Waals surface area contributed by atoms with Crippen molar-refractivity contribution in [3.63, 3.8) is 0 Å². The van der Waals surface area contributed by atoms with E-state index in [0.29, 0.717) is 6.42 Å². The van der Waals surface area contributed by atoms with Crippen molar-refractivity contribution in [2.45, 2.75) is 30.4 Å². The van der Waals surface area contributed by atoms with Gasteiger partial charge in [0.15, 0.2) is 0 Å². The predicted molar refractivity (Wildman–Crippen MR) is 81.2 cm³/mol. The van der Waals surface area contributed by atoms with Gasteiger partial charge in [-0.05, 0) is 31.0 Å². The van der Waals surface area contributed by atoms with Gasteiger partial charge in [-0.1, -0.05) is 48.0 Å². The van der Waals surface area contributed by atoms with E-state index in [2.05, 4.69) is 50.2 Å². The van der Waals surface area contributed by atoms with Crippen LogP contribution in [0.5, 0.6) is 0 Å². The first kappa shape index (κ1) is 13.7. The summed E-state index contributed by atoms with van der Waals surface area (Å²) < 4.78 is 0. The minimum Gasteiger partial charge on any atom is -0.198 e. The number of hydrogen-bond donors (Lipinski definition) is 0. The average molecular weight is 267 g/mol. The average Bonchev–Trinajstić information content (AvgIpc) is 2.43. The molecule has 2 heteroatoms. The third kappa shape index (κ3) is 3.62. The van der Waals surface area contributed by atoms with Gasteiger partial charge >= 0.3 is 0 Å². The lowest BCUT2D eigenvalue weighted by Gasteiger charge is -2.15. The van der Waals surface area contributed by atoms with E-state index >= 15 is 0 Å². The third-order valence-electron chi connectivity index (χ3n) is 3.06. The molecule has 0 aromatic heterocycles. The molecule has 0 fully saturated rings. The second-order valence-electron chi connectivity index (χ2n) is 4.65. The van der Waals surface area contributed by atoms with Crippen LogP contribution in [0.2, 0.25) is 0 Å². The Morgan fingerprint density at radius 3 is 2.53 bits per heavy atom. The minimum atomic E-state index is 0.201. The van der Waals surface area contributed by atoms with Crippen molar-refractivity contribution in [2.24, 2.45) is 0 Å². The van der Waals surface area contributed by atoms with Gasteiger partial charge in [-0.2, -0.15) is 5.26 Å². The molecule has 0 spiro atoms. The van der Waals surface area contributed by atoms with Gasteiger partial charge in [0.05, 0.1) is 12.5 Å². The fourth-order valence-electron chi connectivity index (χ4n) is 1.97. The van der Waals surface area contributed by atoms with E-state index in [1.807, 2.05) is 18.2 Å². The SMILES string of the molecule is Cc1ccc(C)c(SC(CC#N)c2ccccc2)c1. The topological polar surface area (TPSA) is 23.8 Å². The number of benzene rings is 2. The molecule has 1 unspecified atom stereocenters. The lowest BCUT2D eigenvalue weighted by Crippen LogP contribution is -1.94. The molecule has 2 rings (SSSR count). The molecule has 19 heavy (non-hydrogen) atoms. The Hall–Kier alpha value is -1.72. The van der Waals surface area contributed by atoms with Gasteiger partial charge in [0, 0.05) is 10.1 Å². The molecule has 0 radical (unpaired) electrons. The van der Waals surface area contributed by atoms with E-state index in [-0.39, 0.29) is 5.25 Å². The molecule has 0 saturated carbocycles. The fourth-order valence-corrected chi connectivity index (χ4v) is 3.23. The van der Waals surface area contributed by atoms with Crippen LogP contribution in [0.3, 0.4) is 0 Å². The first-order valence-corrected chi connectivity index (χ1v) is 7.24. The highest BCUT2D eigenvalue weighted by molar-refractivity contribution is 7.99. The second-order valence-corrected chi connectivity index (χ2v) is 5.89. The van der Waals surface area contributed by atoms with Crippen molar-refractivity contribution in [1.82, 2.24) is 0 Å². The number of aryl methyl sites for hydroxylation is 2. The highest BCUT2D eigenvalue weighted by Crippen LogP contribution is 2.39. The molecule has 0 N–H and O–H groups in total. The molecule has 0 heterocycles. The van der Waals surface area contributed by atoms with Crippen molar-refractivity contribution in [3.8, 4) is 6.07 Å². The van der Waals surface area contributed by atoms with Crippen molar-refractivity contribution in [3.05, 3.63) is 65.2 Å². The monoisotopic (exact) mass is 267 g/mol. The van der Waals surface area contributed by atoms with Crippen molar-refractivity contribution in [1.29, 1.82) is 5.26 Å². The first-order chi connectivity index (χ1) is 9.20. The Balaban J connectivity index is 2.27. The van der Waals surface area contributed by atoms with Crippen LogP contribution >= 0.6 is 11.8 Å². The van der Waals surface area contributed by atoms with E-state index in [4.69, 9.17) is 5.26 Å². The summed E-state index contributed by atoms with van der Waals surface area (Å²) in [4.78, 5) is 1.27. The largest absolute Gasteiger partial charge is 0.198 e. The number of rotatable bonds is 4. The Bertz CT molecular complexity index is 584. The highest BCUT2D eigenvalue weighted by atomic mass is 32.2. The van der Waals surface area contributed by atoms with Crippen LogP contribution < -0.4 is 0 Å². The van der Waals surface area contributed by atoms with Crippen LogP contribution in [0, 0.1) is 25.2 Å². The van der Waals surface area contributed by atoms with E-state index in [1.165, 1.54) is 21.6 Å². The van der Waals surface area contributed by atoms with E-state index in [0.717, 1.165) is 0 Å². The number of nitriles is 1. The summed E-state index contributed by atoms with van der Waals surface area (Å²) in [6.45, 7) is 4.22. The van der Waals surface area contributed by atoms with Crippen LogP contribution in [0.15, 0.2) is 53.4 Å². The molecule has 0 aliphatic rings. The van der Waals surface area contributed by atoms with Crippen molar-refractivity contribution < 1.29 is 0 Å². The van der Waals surface area contributed by atoms with Gasteiger partial charge in [-0.15, -0.1) is 11.8 Å². The summed E-state index contributed by atoms with van der Waals surface area (Å²) in [6, 6.07) is 19.0. The highest BCUT2D eigenvalue weighted by Gasteiger charge is 2.14. The van der Waals surface area contributed by atoms with E-state index < -0.39 is 0 Å². The number of thioether (sulfide) groups is 1. The summed E-state index contributed by atoms with van der Waals surface area (Å²) in [6.07, 6.45) is 0.530. The van der Waals surface area contributed by atoms with Gasteiger partial charge in [0.25, 0.3) is 0 Å². The number of hydrogen-bond acceptors (Lipinski definition) is 2. The van der Waals surface area contributed by atoms with E-state index in [1.54, 1.807) is 11.8 Å². The van der Waals surface area contributed by atoms with Crippen molar-refractivity contribution >= 4 is 11.8 Å². The van der Waals surface area contributed by atoms with Crippen LogP contribution in [0.4, 0.5) is 0 Å². The van der Waals surface area contributed by atoms with Crippen LogP contribution in [0.25, 0.3) is 0 Å². The van der Waals surface area contributed by atoms with Gasteiger partial charge < -0.3 is 0 Å². The molecule has 1 atom stereocenters. The van der Waals surface area contributed by atoms with Crippen LogP contribution in [-0.4, -0.2) is 0 Å². The maximum absolute atomic E-state index is 9.04. The first-order valence-electron chi connectivity index (χ1n) is 6.36. The quantitative estimate of drug-likeness (QED) is 0.724. The summed E-state index contributed by atoms with van der Waals surface area (Å²) in [7, 11) is 0. The minimum absolute atomic E-state index is 0.201. The summed E-state index contributed by atoms with van der Waals surface area (Å²) in [5.41, 5.74) is 3.75. The molecular formula is C17H17NS. The Labute approximate surface area is 119 Å². The molecule has 0 amide bonds. The van der Waals surface area contributed by atoms with Gasteiger partial charge in [0.2, 0.25) is 0 Å². The van der Waals surface area contributed by atoms with Gasteiger partial charge in [-0.3, -0.25) is 0 Å². The van der Waals surface area contributed by atoms with Gasteiger partial charge in [0.1, 0.15) is 0 Å². The zero-order valence-electron chi connectivity index (χ0n) is 11.3. The summed E-state index contributed by atoms with van der Waals surface area (Å²) in [5.74, 6) is 0. The van der Waals surface area contributed by atoms with Crippen LogP contribution in [0.1, 0.15) is 28.4 Å². The zero-order chi connectivity index (χ0) is 13.7. The maximum Gasteiger partial charge on any atom is 0.0637 e. The molecule has 96 valence electrons. The lowest BCUT2D eigenvalue weighted by molar-refractivity contribution is 0.976. The summed E-state index contributed by atoms with van der Waals surface area (Å²) in [5, 5.41) is 9.24. The smallest absolute Gasteiger partial charge is 0.0637 e. The van der Waals surface area contributed by atoms with E-state index in [9.17, 15) is 0 Å². The molecule has 0 saturated heterocycles.